The smallest absolute Gasteiger partial charge is 0.116 e. The van der Waals surface area contributed by atoms with Gasteiger partial charge in [0, 0.05) is 18.0 Å². The molecular formula is C14H13N3O. The van der Waals surface area contributed by atoms with Gasteiger partial charge in [-0.3, -0.25) is 4.68 Å². The van der Waals surface area contributed by atoms with E-state index in [0.717, 1.165) is 22.2 Å². The lowest BCUT2D eigenvalue weighted by molar-refractivity contribution is 0.475. The molecule has 4 nitrogen and oxygen atoms in total. The Morgan fingerprint density at radius 2 is 1.83 bits per heavy atom. The number of nitrogens with two attached hydrogens (primary N) is 1. The van der Waals surface area contributed by atoms with E-state index in [2.05, 4.69) is 5.10 Å². The molecule has 0 fully saturated rings. The molecular weight excluding hydrogens is 226 g/mol. The number of phenolic OH excluding ortho intramolecular Hbond substituents is 1. The predicted octanol–water partition coefficient (Wildman–Crippen LogP) is 2.53. The van der Waals surface area contributed by atoms with Crippen LogP contribution in [-0.2, 0) is 7.05 Å². The van der Waals surface area contributed by atoms with Gasteiger partial charge < -0.3 is 10.8 Å². The number of aromatic hydroxyl groups is 1. The first-order valence-electron chi connectivity index (χ1n) is 5.67. The zero-order chi connectivity index (χ0) is 12.7. The largest absolute Gasteiger partial charge is 0.508 e. The van der Waals surface area contributed by atoms with Gasteiger partial charge in [-0.05, 0) is 30.3 Å². The standard InChI is InChI=1S/C14H13N3O/c1-17-14(9-5-7-10(18)8-6-9)11-3-2-4-12(15)13(11)16-17/h2-8,18H,15H2,1H3. The van der Waals surface area contributed by atoms with E-state index in [1.54, 1.807) is 12.1 Å². The summed E-state index contributed by atoms with van der Waals surface area (Å²) in [7, 11) is 1.89. The van der Waals surface area contributed by atoms with Gasteiger partial charge in [-0.15, -0.1) is 0 Å². The monoisotopic (exact) mass is 239 g/mol. The van der Waals surface area contributed by atoms with Gasteiger partial charge in [0.2, 0.25) is 0 Å². The highest BCUT2D eigenvalue weighted by Crippen LogP contribution is 2.31. The summed E-state index contributed by atoms with van der Waals surface area (Å²) in [4.78, 5) is 0. The molecule has 0 amide bonds. The summed E-state index contributed by atoms with van der Waals surface area (Å²) in [5, 5.41) is 14.8. The first-order valence-corrected chi connectivity index (χ1v) is 5.67. The molecule has 0 aliphatic heterocycles. The third-order valence-corrected chi connectivity index (χ3v) is 3.04. The van der Waals surface area contributed by atoms with E-state index in [0.29, 0.717) is 5.69 Å². The van der Waals surface area contributed by atoms with Gasteiger partial charge in [0.15, 0.2) is 0 Å². The zero-order valence-electron chi connectivity index (χ0n) is 9.96. The van der Waals surface area contributed by atoms with Gasteiger partial charge in [0.25, 0.3) is 0 Å². The summed E-state index contributed by atoms with van der Waals surface area (Å²) in [6.45, 7) is 0. The Hall–Kier alpha value is -2.49. The number of fused-ring (bicyclic) bond motifs is 1. The Kier molecular flexibility index (Phi) is 2.23. The highest BCUT2D eigenvalue weighted by atomic mass is 16.3. The van der Waals surface area contributed by atoms with Crippen molar-refractivity contribution in [2.24, 2.45) is 7.05 Å². The minimum absolute atomic E-state index is 0.254. The number of aromatic nitrogens is 2. The van der Waals surface area contributed by atoms with E-state index in [-0.39, 0.29) is 5.75 Å². The average molecular weight is 239 g/mol. The maximum atomic E-state index is 9.34. The van der Waals surface area contributed by atoms with Gasteiger partial charge >= 0.3 is 0 Å². The van der Waals surface area contributed by atoms with Crippen molar-refractivity contribution in [2.75, 3.05) is 5.73 Å². The number of hydrogen-bond donors (Lipinski definition) is 2. The summed E-state index contributed by atoms with van der Waals surface area (Å²) >= 11 is 0. The lowest BCUT2D eigenvalue weighted by Crippen LogP contribution is -1.93. The Labute approximate surface area is 104 Å². The normalized spacial score (nSPS) is 10.9. The maximum absolute atomic E-state index is 9.34. The van der Waals surface area contributed by atoms with Gasteiger partial charge in [-0.1, -0.05) is 12.1 Å². The van der Waals surface area contributed by atoms with Crippen LogP contribution in [0, 0.1) is 0 Å². The van der Waals surface area contributed by atoms with Gasteiger partial charge in [-0.25, -0.2) is 0 Å². The van der Waals surface area contributed by atoms with E-state index in [4.69, 9.17) is 5.73 Å². The average Bonchev–Trinajstić information content (AvgIpc) is 2.69. The second-order valence-corrected chi connectivity index (χ2v) is 4.26. The van der Waals surface area contributed by atoms with Crippen LogP contribution in [0.5, 0.6) is 5.75 Å². The summed E-state index contributed by atoms with van der Waals surface area (Å²) < 4.78 is 1.81. The Bertz CT molecular complexity index is 714. The van der Waals surface area contributed by atoms with Crippen molar-refractivity contribution < 1.29 is 5.11 Å². The number of nitrogen functional groups attached to an aromatic ring is 1. The van der Waals surface area contributed by atoms with Crippen LogP contribution in [0.2, 0.25) is 0 Å². The quantitative estimate of drug-likeness (QED) is 0.641. The fraction of sp³-hybridized carbons (Fsp3) is 0.0714. The molecule has 2 aromatic carbocycles. The van der Waals surface area contributed by atoms with E-state index in [9.17, 15) is 5.11 Å². The molecule has 1 heterocycles. The third-order valence-electron chi connectivity index (χ3n) is 3.04. The SMILES string of the molecule is Cn1nc2c(N)cccc2c1-c1ccc(O)cc1. The van der Waals surface area contributed by atoms with Crippen LogP contribution >= 0.6 is 0 Å². The molecule has 1 aromatic heterocycles. The highest BCUT2D eigenvalue weighted by Gasteiger charge is 2.12. The summed E-state index contributed by atoms with van der Waals surface area (Å²) in [5.41, 5.74) is 9.41. The maximum Gasteiger partial charge on any atom is 0.116 e. The Morgan fingerprint density at radius 1 is 1.11 bits per heavy atom. The van der Waals surface area contributed by atoms with Crippen molar-refractivity contribution in [1.29, 1.82) is 0 Å². The third kappa shape index (κ3) is 1.50. The van der Waals surface area contributed by atoms with Gasteiger partial charge in [0.05, 0.1) is 11.4 Å². The Balaban J connectivity index is 2.32. The first kappa shape index (κ1) is 10.7. The topological polar surface area (TPSA) is 64.1 Å². The summed E-state index contributed by atoms with van der Waals surface area (Å²) in [6.07, 6.45) is 0. The molecule has 3 aromatic rings. The minimum Gasteiger partial charge on any atom is -0.508 e. The number of anilines is 1. The molecule has 3 rings (SSSR count). The number of benzene rings is 2. The summed E-state index contributed by atoms with van der Waals surface area (Å²) in [5.74, 6) is 0.254. The van der Waals surface area contributed by atoms with Crippen LogP contribution in [0.15, 0.2) is 42.5 Å². The molecule has 0 spiro atoms. The van der Waals surface area contributed by atoms with E-state index >= 15 is 0 Å². The molecule has 0 atom stereocenters. The second-order valence-electron chi connectivity index (χ2n) is 4.26. The molecule has 0 bridgehead atoms. The van der Waals surface area contributed by atoms with Gasteiger partial charge in [-0.2, -0.15) is 5.10 Å². The zero-order valence-corrected chi connectivity index (χ0v) is 9.96. The number of rotatable bonds is 1. The van der Waals surface area contributed by atoms with Crippen molar-refractivity contribution in [3.8, 4) is 17.0 Å². The van der Waals surface area contributed by atoms with E-state index in [1.165, 1.54) is 0 Å². The second kappa shape index (κ2) is 3.77. The van der Waals surface area contributed by atoms with Crippen LogP contribution < -0.4 is 5.73 Å². The van der Waals surface area contributed by atoms with Crippen molar-refractivity contribution in [3.05, 3.63) is 42.5 Å². The molecule has 3 N–H and O–H groups in total. The molecule has 4 heteroatoms. The lowest BCUT2D eigenvalue weighted by Gasteiger charge is -2.03. The molecule has 90 valence electrons. The number of nitrogens with zero attached hydrogens (tertiary/aromatic N) is 2. The molecule has 0 saturated heterocycles. The fourth-order valence-electron chi connectivity index (χ4n) is 2.20. The minimum atomic E-state index is 0.254. The van der Waals surface area contributed by atoms with Crippen LogP contribution in [0.25, 0.3) is 22.2 Å². The number of aryl methyl sites for hydroxylation is 1. The highest BCUT2D eigenvalue weighted by molar-refractivity contribution is 5.99. The van der Waals surface area contributed by atoms with Crippen LogP contribution in [0.1, 0.15) is 0 Å². The van der Waals surface area contributed by atoms with Crippen LogP contribution in [-0.4, -0.2) is 14.9 Å². The molecule has 0 saturated carbocycles. The van der Waals surface area contributed by atoms with Crippen molar-refractivity contribution >= 4 is 16.6 Å². The van der Waals surface area contributed by atoms with Crippen molar-refractivity contribution in [1.82, 2.24) is 9.78 Å². The van der Waals surface area contributed by atoms with E-state index in [1.807, 2.05) is 42.1 Å². The van der Waals surface area contributed by atoms with E-state index < -0.39 is 0 Å². The molecule has 0 aliphatic rings. The van der Waals surface area contributed by atoms with Gasteiger partial charge in [0.1, 0.15) is 11.3 Å². The predicted molar refractivity (Wildman–Crippen MR) is 72.2 cm³/mol. The van der Waals surface area contributed by atoms with Crippen molar-refractivity contribution in [3.63, 3.8) is 0 Å². The molecule has 0 unspecified atom stereocenters. The number of hydrogen-bond acceptors (Lipinski definition) is 3. The first-order chi connectivity index (χ1) is 8.66. The fourth-order valence-corrected chi connectivity index (χ4v) is 2.20. The molecule has 0 radical (unpaired) electrons. The lowest BCUT2D eigenvalue weighted by atomic mass is 10.1. The number of phenols is 1. The Morgan fingerprint density at radius 3 is 2.56 bits per heavy atom. The molecule has 0 aliphatic carbocycles. The van der Waals surface area contributed by atoms with Crippen molar-refractivity contribution in [2.45, 2.75) is 0 Å². The van der Waals surface area contributed by atoms with Crippen LogP contribution in [0.3, 0.4) is 0 Å². The molecule has 18 heavy (non-hydrogen) atoms. The van der Waals surface area contributed by atoms with Crippen LogP contribution in [0.4, 0.5) is 5.69 Å². The summed E-state index contributed by atoms with van der Waals surface area (Å²) in [6, 6.07) is 12.8.